The Bertz CT molecular complexity index is 655. The Kier molecular flexibility index (Phi) is 7.69. The Balaban J connectivity index is 2.99. The third-order valence-corrected chi connectivity index (χ3v) is 11.3. The molecule has 9 heteroatoms. The van der Waals surface area contributed by atoms with Crippen LogP contribution in [0.2, 0.25) is 37.8 Å². The highest BCUT2D eigenvalue weighted by atomic mass is 28.4. The highest BCUT2D eigenvalue weighted by Crippen LogP contribution is 2.36. The van der Waals surface area contributed by atoms with Crippen molar-refractivity contribution in [3.63, 3.8) is 0 Å². The number of nitrogens with one attached hydrogen (secondary N) is 2. The zero-order chi connectivity index (χ0) is 22.0. The smallest absolute Gasteiger partial charge is 0.407 e. The lowest BCUT2D eigenvalue weighted by atomic mass is 10.2. The fraction of sp³-hybridized carbons (Fsp3) is 0.842. The van der Waals surface area contributed by atoms with Crippen LogP contribution in [-0.2, 0) is 15.6 Å². The van der Waals surface area contributed by atoms with Gasteiger partial charge in [-0.3, -0.25) is 0 Å². The second-order valence-electron chi connectivity index (χ2n) is 11.0. The lowest BCUT2D eigenvalue weighted by Crippen LogP contribution is -2.49. The van der Waals surface area contributed by atoms with Gasteiger partial charge in [-0.15, -0.1) is 0 Å². The fourth-order valence-electron chi connectivity index (χ4n) is 2.38. The lowest BCUT2D eigenvalue weighted by Gasteiger charge is -2.37. The van der Waals surface area contributed by atoms with E-state index in [0.717, 1.165) is 11.0 Å². The van der Waals surface area contributed by atoms with Gasteiger partial charge in [0.1, 0.15) is 13.7 Å². The van der Waals surface area contributed by atoms with E-state index in [4.69, 9.17) is 9.16 Å². The van der Waals surface area contributed by atoms with E-state index in [2.05, 4.69) is 74.2 Å². The molecule has 2 N–H and O–H groups in total. The zero-order valence-corrected chi connectivity index (χ0v) is 21.6. The third kappa shape index (κ3) is 7.67. The number of H-pyrrole nitrogens is 1. The maximum Gasteiger partial charge on any atom is 0.407 e. The van der Waals surface area contributed by atoms with E-state index in [1.165, 1.54) is 0 Å². The Morgan fingerprint density at radius 2 is 1.64 bits per heavy atom. The van der Waals surface area contributed by atoms with E-state index in [-0.39, 0.29) is 11.1 Å². The van der Waals surface area contributed by atoms with Gasteiger partial charge in [0.2, 0.25) is 0 Å². The maximum absolute atomic E-state index is 12.4. The molecule has 0 spiro atoms. The third-order valence-electron chi connectivity index (χ3n) is 4.94. The topological polar surface area (TPSA) is 89.1 Å². The SMILES string of the molecule is CC(C)(C)OC(=O)NC(CO[Si](C)(C)C(C)(C)C)Cc1n[nH]nc1[Si](C)(C)C. The number of carbonyl (C=O) groups excluding carboxylic acids is 1. The number of aromatic nitrogens is 3. The van der Waals surface area contributed by atoms with Crippen LogP contribution in [0.25, 0.3) is 0 Å². The van der Waals surface area contributed by atoms with Gasteiger partial charge < -0.3 is 14.5 Å². The van der Waals surface area contributed by atoms with Crippen LogP contribution in [0, 0.1) is 0 Å². The molecule has 1 heterocycles. The predicted molar refractivity (Wildman–Crippen MR) is 119 cm³/mol. The number of hydrogen-bond donors (Lipinski definition) is 2. The van der Waals surface area contributed by atoms with E-state index in [1.54, 1.807) is 0 Å². The Morgan fingerprint density at radius 1 is 1.07 bits per heavy atom. The molecule has 0 aromatic carbocycles. The van der Waals surface area contributed by atoms with Crippen molar-refractivity contribution in [2.24, 2.45) is 0 Å². The molecule has 0 radical (unpaired) electrons. The minimum Gasteiger partial charge on any atom is -0.444 e. The molecule has 0 aliphatic heterocycles. The minimum absolute atomic E-state index is 0.0981. The van der Waals surface area contributed by atoms with E-state index in [1.807, 2.05) is 20.8 Å². The van der Waals surface area contributed by atoms with Crippen LogP contribution in [0.4, 0.5) is 4.79 Å². The monoisotopic (exact) mass is 428 g/mol. The molecule has 1 aromatic rings. The van der Waals surface area contributed by atoms with Crippen molar-refractivity contribution < 1.29 is 14.0 Å². The molecule has 0 aliphatic carbocycles. The summed E-state index contributed by atoms with van der Waals surface area (Å²) < 4.78 is 11.8. The van der Waals surface area contributed by atoms with Crippen LogP contribution in [0.1, 0.15) is 47.2 Å². The van der Waals surface area contributed by atoms with E-state index in [9.17, 15) is 4.79 Å². The first-order chi connectivity index (χ1) is 12.4. The summed E-state index contributed by atoms with van der Waals surface area (Å²) in [6, 6.07) is -0.232. The minimum atomic E-state index is -1.94. The van der Waals surface area contributed by atoms with Gasteiger partial charge in [-0.05, 0) is 38.9 Å². The molecule has 1 atom stereocenters. The molecular formula is C19H40N4O3Si2. The number of carbonyl (C=O) groups is 1. The van der Waals surface area contributed by atoms with Crippen LogP contribution >= 0.6 is 0 Å². The predicted octanol–water partition coefficient (Wildman–Crippen LogP) is 3.81. The molecule has 1 aromatic heterocycles. The van der Waals surface area contributed by atoms with Gasteiger partial charge in [-0.2, -0.15) is 15.4 Å². The first kappa shape index (κ1) is 24.8. The van der Waals surface area contributed by atoms with Crippen LogP contribution < -0.4 is 10.6 Å². The molecule has 0 aliphatic rings. The van der Waals surface area contributed by atoms with Crippen molar-refractivity contribution in [3.8, 4) is 0 Å². The van der Waals surface area contributed by atoms with Gasteiger partial charge in [-0.1, -0.05) is 40.4 Å². The molecular weight excluding hydrogens is 388 g/mol. The molecule has 0 saturated carbocycles. The average Bonchev–Trinajstić information content (AvgIpc) is 2.89. The molecule has 162 valence electrons. The summed E-state index contributed by atoms with van der Waals surface area (Å²) in [7, 11) is -3.59. The van der Waals surface area contributed by atoms with E-state index < -0.39 is 28.1 Å². The Morgan fingerprint density at radius 3 is 2.11 bits per heavy atom. The van der Waals surface area contributed by atoms with Gasteiger partial charge in [-0.25, -0.2) is 4.79 Å². The summed E-state index contributed by atoms with van der Waals surface area (Å²) in [4.78, 5) is 12.4. The molecule has 0 saturated heterocycles. The van der Waals surface area contributed by atoms with Crippen LogP contribution in [-0.4, -0.2) is 56.1 Å². The number of ether oxygens (including phenoxy) is 1. The summed E-state index contributed by atoms with van der Waals surface area (Å²) in [5.41, 5.74) is 0.353. The number of aromatic amines is 1. The Hall–Kier alpha value is -1.20. The van der Waals surface area contributed by atoms with Crippen molar-refractivity contribution in [2.75, 3.05) is 6.61 Å². The first-order valence-electron chi connectivity index (χ1n) is 9.96. The van der Waals surface area contributed by atoms with Gasteiger partial charge in [0.05, 0.1) is 23.7 Å². The van der Waals surface area contributed by atoms with Gasteiger partial charge in [0.25, 0.3) is 0 Å². The number of hydrogen-bond acceptors (Lipinski definition) is 5. The quantitative estimate of drug-likeness (QED) is 0.645. The highest BCUT2D eigenvalue weighted by Gasteiger charge is 2.38. The van der Waals surface area contributed by atoms with Gasteiger partial charge >= 0.3 is 6.09 Å². The number of amides is 1. The van der Waals surface area contributed by atoms with Gasteiger partial charge in [0, 0.05) is 6.42 Å². The fourth-order valence-corrected chi connectivity index (χ4v) is 4.84. The lowest BCUT2D eigenvalue weighted by molar-refractivity contribution is 0.0485. The molecule has 1 rings (SSSR count). The Labute approximate surface area is 172 Å². The standard InChI is InChI=1S/C19H40N4O3Si2/c1-18(2,3)26-17(24)20-14(13-25-28(10,11)19(4,5)6)12-15-16(22-23-21-15)27(7,8)9/h14H,12-13H2,1-11H3,(H,20,24)(H,21,22,23). The van der Waals surface area contributed by atoms with Crippen molar-refractivity contribution in [1.82, 2.24) is 20.7 Å². The average molecular weight is 429 g/mol. The first-order valence-corrected chi connectivity index (χ1v) is 16.4. The molecule has 28 heavy (non-hydrogen) atoms. The molecule has 1 amide bonds. The largest absolute Gasteiger partial charge is 0.444 e. The molecule has 1 unspecified atom stereocenters. The number of rotatable bonds is 7. The maximum atomic E-state index is 12.4. The molecule has 7 nitrogen and oxygen atoms in total. The molecule has 0 fully saturated rings. The van der Waals surface area contributed by atoms with Crippen molar-refractivity contribution in [1.29, 1.82) is 0 Å². The van der Waals surface area contributed by atoms with Crippen LogP contribution in [0.3, 0.4) is 0 Å². The normalized spacial score (nSPS) is 14.7. The summed E-state index contributed by atoms with van der Waals surface area (Å²) >= 11 is 0. The number of alkyl carbamates (subject to hydrolysis) is 1. The second kappa shape index (κ2) is 8.66. The van der Waals surface area contributed by atoms with Crippen LogP contribution in [0.5, 0.6) is 0 Å². The van der Waals surface area contributed by atoms with Crippen molar-refractivity contribution >= 4 is 27.8 Å². The highest BCUT2D eigenvalue weighted by molar-refractivity contribution is 6.88. The van der Waals surface area contributed by atoms with Crippen molar-refractivity contribution in [2.45, 2.75) is 97.4 Å². The summed E-state index contributed by atoms with van der Waals surface area (Å²) in [6.45, 7) is 23.7. The summed E-state index contributed by atoms with van der Waals surface area (Å²) in [6.07, 6.45) is 0.124. The summed E-state index contributed by atoms with van der Waals surface area (Å²) in [5.74, 6) is 0. The van der Waals surface area contributed by atoms with Crippen molar-refractivity contribution in [3.05, 3.63) is 5.69 Å². The van der Waals surface area contributed by atoms with Crippen LogP contribution in [0.15, 0.2) is 0 Å². The van der Waals surface area contributed by atoms with E-state index in [0.29, 0.717) is 13.0 Å². The van der Waals surface area contributed by atoms with Gasteiger partial charge in [0.15, 0.2) is 8.32 Å². The second-order valence-corrected chi connectivity index (χ2v) is 20.8. The molecule has 0 bridgehead atoms. The zero-order valence-electron chi connectivity index (χ0n) is 19.6. The number of nitrogens with zero attached hydrogens (tertiary/aromatic N) is 2. The summed E-state index contributed by atoms with van der Waals surface area (Å²) in [5, 5.41) is 15.6. The van der Waals surface area contributed by atoms with E-state index >= 15 is 0 Å².